The molecule has 228 valence electrons. The van der Waals surface area contributed by atoms with Crippen molar-refractivity contribution in [2.45, 2.75) is 83.1 Å². The van der Waals surface area contributed by atoms with Gasteiger partial charge in [-0.3, -0.25) is 9.59 Å². The van der Waals surface area contributed by atoms with E-state index in [4.69, 9.17) is 0 Å². The fourth-order valence-corrected chi connectivity index (χ4v) is 3.38. The number of ketones is 2. The van der Waals surface area contributed by atoms with Crippen LogP contribution in [0.15, 0.2) is 95.2 Å². The molecule has 0 aliphatic heterocycles. The summed E-state index contributed by atoms with van der Waals surface area (Å²) in [6.45, 7) is 24.8. The second-order valence-electron chi connectivity index (χ2n) is 14.6. The number of hydrogen-bond donors (Lipinski definition) is 0. The van der Waals surface area contributed by atoms with Crippen molar-refractivity contribution in [1.82, 2.24) is 0 Å². The maximum atomic E-state index is 12.5. The number of carbonyl (C=O) groups excluding carboxylic acids is 2. The smallest absolute Gasteiger partial charge is 0.178 e. The van der Waals surface area contributed by atoms with Crippen molar-refractivity contribution in [3.63, 3.8) is 0 Å². The van der Waals surface area contributed by atoms with Gasteiger partial charge in [0.25, 0.3) is 0 Å². The van der Waals surface area contributed by atoms with Crippen molar-refractivity contribution in [3.8, 4) is 47.4 Å². The van der Waals surface area contributed by atoms with Gasteiger partial charge in [0.05, 0.1) is 0 Å². The normalized spacial score (nSPS) is 16.0. The highest BCUT2D eigenvalue weighted by atomic mass is 16.1. The van der Waals surface area contributed by atoms with Crippen LogP contribution in [0.25, 0.3) is 0 Å². The minimum absolute atomic E-state index is 0.138. The van der Waals surface area contributed by atoms with Gasteiger partial charge in [-0.05, 0) is 93.9 Å². The van der Waals surface area contributed by atoms with Gasteiger partial charge >= 0.3 is 0 Å². The Bertz CT molecular complexity index is 1350. The maximum Gasteiger partial charge on any atom is 0.178 e. The fourth-order valence-electron chi connectivity index (χ4n) is 3.38. The second-order valence-corrected chi connectivity index (χ2v) is 14.6. The molecule has 0 bridgehead atoms. The van der Waals surface area contributed by atoms with E-state index >= 15 is 0 Å². The molecule has 0 spiro atoms. The molecule has 1 aliphatic rings. The van der Waals surface area contributed by atoms with E-state index in [0.717, 1.165) is 22.3 Å². The summed E-state index contributed by atoms with van der Waals surface area (Å²) in [5.41, 5.74) is 2.51. The van der Waals surface area contributed by atoms with Crippen LogP contribution in [0.3, 0.4) is 0 Å². The lowest BCUT2D eigenvalue weighted by molar-refractivity contribution is -0.111. The predicted octanol–water partition coefficient (Wildman–Crippen LogP) is 9.27. The van der Waals surface area contributed by atoms with E-state index in [-0.39, 0.29) is 33.2 Å². The first-order chi connectivity index (χ1) is 20.2. The molecule has 2 heteroatoms. The number of carbonyl (C=O) groups is 2. The van der Waals surface area contributed by atoms with Gasteiger partial charge in [0.1, 0.15) is 0 Å². The van der Waals surface area contributed by atoms with Gasteiger partial charge in [-0.25, -0.2) is 0 Å². The van der Waals surface area contributed by atoms with Gasteiger partial charge in [-0.1, -0.05) is 131 Å². The molecule has 0 saturated carbocycles. The van der Waals surface area contributed by atoms with Gasteiger partial charge in [0.2, 0.25) is 0 Å². The Morgan fingerprint density at radius 1 is 0.364 bits per heavy atom. The van der Waals surface area contributed by atoms with Crippen LogP contribution in [0.1, 0.15) is 83.1 Å². The quantitative estimate of drug-likeness (QED) is 0.266. The molecule has 1 rings (SSSR count). The molecule has 2 nitrogen and oxygen atoms in total. The molecular weight excluding hydrogens is 536 g/mol. The molecule has 1 aliphatic carbocycles. The number of allylic oxidation sites excluding steroid dienone is 16. The summed E-state index contributed by atoms with van der Waals surface area (Å²) >= 11 is 0. The second kappa shape index (κ2) is 16.4. The predicted molar refractivity (Wildman–Crippen MR) is 188 cm³/mol. The van der Waals surface area contributed by atoms with Gasteiger partial charge in [-0.2, -0.15) is 0 Å². The summed E-state index contributed by atoms with van der Waals surface area (Å²) in [7, 11) is 0. The SMILES string of the molecule is CC(C)(C)C1=CC=CC(=O)C=CC=C(C(C)(C)C)C#CC#CC(C(C)(C)C)=CC=CC(=O)C=CC=C(C(C)(C)C)C#CC#C1. The molecule has 0 saturated heterocycles. The first-order valence-corrected chi connectivity index (χ1v) is 14.9. The average molecular weight is 585 g/mol. The van der Waals surface area contributed by atoms with Crippen LogP contribution in [0.4, 0.5) is 0 Å². The third-order valence-corrected chi connectivity index (χ3v) is 6.24. The molecular formula is C42H48O2. The Labute approximate surface area is 267 Å². The molecule has 0 N–H and O–H groups in total. The Hall–Kier alpha value is -4.50. The Morgan fingerprint density at radius 2 is 0.545 bits per heavy atom. The molecule has 0 unspecified atom stereocenters. The van der Waals surface area contributed by atoms with E-state index in [1.807, 2.05) is 24.3 Å². The lowest BCUT2D eigenvalue weighted by Crippen LogP contribution is -2.08. The van der Waals surface area contributed by atoms with Crippen LogP contribution in [-0.2, 0) is 9.59 Å². The van der Waals surface area contributed by atoms with E-state index in [1.54, 1.807) is 24.3 Å². The van der Waals surface area contributed by atoms with Crippen molar-refractivity contribution in [2.75, 3.05) is 0 Å². The van der Waals surface area contributed by atoms with Crippen LogP contribution in [0.5, 0.6) is 0 Å². The van der Waals surface area contributed by atoms with Crippen LogP contribution in [0, 0.1) is 69.0 Å². The molecule has 0 aromatic rings. The third kappa shape index (κ3) is 15.1. The zero-order valence-electron chi connectivity index (χ0n) is 28.7. The first kappa shape index (κ1) is 37.5. The standard InChI is InChI=1S/C42H48O2/c1-39(2,3)33-21-13-14-22-34(40(4,5)6)26-19-31-38(44)32-20-28-36(42(10,11)12)24-16-15-23-35(41(7,8)9)27-18-30-37(43)29-17-25-33/h17-20,25-32H,1-12H3. The highest BCUT2D eigenvalue weighted by molar-refractivity contribution is 6.00. The zero-order valence-corrected chi connectivity index (χ0v) is 28.7. The molecule has 0 amide bonds. The lowest BCUT2D eigenvalue weighted by Gasteiger charge is -2.18. The molecule has 0 heterocycles. The highest BCUT2D eigenvalue weighted by Crippen LogP contribution is 2.27. The molecule has 0 aromatic heterocycles. The summed E-state index contributed by atoms with van der Waals surface area (Å²) in [6, 6.07) is 0. The lowest BCUT2D eigenvalue weighted by atomic mass is 9.86. The largest absolute Gasteiger partial charge is 0.290 e. The Morgan fingerprint density at radius 3 is 0.705 bits per heavy atom. The van der Waals surface area contributed by atoms with Gasteiger partial charge in [0, 0.05) is 22.3 Å². The fraction of sp³-hybridized carbons (Fsp3) is 0.381. The average Bonchev–Trinajstić information content (AvgIpc) is 2.85. The summed E-state index contributed by atoms with van der Waals surface area (Å²) in [5.74, 6) is 24.2. The molecule has 0 radical (unpaired) electrons. The van der Waals surface area contributed by atoms with E-state index in [0.29, 0.717) is 0 Å². The van der Waals surface area contributed by atoms with Crippen molar-refractivity contribution >= 4 is 11.6 Å². The highest BCUT2D eigenvalue weighted by Gasteiger charge is 2.17. The molecule has 0 fully saturated rings. The van der Waals surface area contributed by atoms with Gasteiger partial charge in [-0.15, -0.1) is 0 Å². The van der Waals surface area contributed by atoms with E-state index in [2.05, 4.69) is 130 Å². The van der Waals surface area contributed by atoms with E-state index in [9.17, 15) is 9.59 Å². The maximum absolute atomic E-state index is 12.5. The van der Waals surface area contributed by atoms with Crippen molar-refractivity contribution in [1.29, 1.82) is 0 Å². The first-order valence-electron chi connectivity index (χ1n) is 14.9. The van der Waals surface area contributed by atoms with Crippen LogP contribution < -0.4 is 0 Å². The van der Waals surface area contributed by atoms with E-state index < -0.39 is 0 Å². The summed E-state index contributed by atoms with van der Waals surface area (Å²) < 4.78 is 0. The third-order valence-electron chi connectivity index (χ3n) is 6.24. The number of rotatable bonds is 0. The minimum atomic E-state index is -0.228. The molecule has 0 aromatic carbocycles. The Balaban J connectivity index is 3.77. The Kier molecular flexibility index (Phi) is 14.0. The molecule has 44 heavy (non-hydrogen) atoms. The summed E-state index contributed by atoms with van der Waals surface area (Å²) in [6.07, 6.45) is 20.4. The van der Waals surface area contributed by atoms with Gasteiger partial charge < -0.3 is 0 Å². The topological polar surface area (TPSA) is 34.1 Å². The van der Waals surface area contributed by atoms with Crippen molar-refractivity contribution < 1.29 is 9.59 Å². The van der Waals surface area contributed by atoms with Crippen molar-refractivity contribution in [2.24, 2.45) is 21.7 Å². The van der Waals surface area contributed by atoms with Crippen molar-refractivity contribution in [3.05, 3.63) is 95.2 Å². The summed E-state index contributed by atoms with van der Waals surface area (Å²) in [5, 5.41) is 0. The van der Waals surface area contributed by atoms with Crippen LogP contribution in [-0.4, -0.2) is 11.6 Å². The van der Waals surface area contributed by atoms with Gasteiger partial charge in [0.15, 0.2) is 11.6 Å². The summed E-state index contributed by atoms with van der Waals surface area (Å²) in [4.78, 5) is 25.1. The van der Waals surface area contributed by atoms with Crippen LogP contribution >= 0.6 is 0 Å². The minimum Gasteiger partial charge on any atom is -0.290 e. The van der Waals surface area contributed by atoms with Crippen LogP contribution in [0.2, 0.25) is 0 Å². The zero-order chi connectivity index (χ0) is 33.6. The van der Waals surface area contributed by atoms with E-state index in [1.165, 1.54) is 24.3 Å². The number of hydrogen-bond acceptors (Lipinski definition) is 2. The molecule has 0 atom stereocenters. The monoisotopic (exact) mass is 584 g/mol.